The van der Waals surface area contributed by atoms with Crippen molar-refractivity contribution in [3.63, 3.8) is 0 Å². The fraction of sp³-hybridized carbons (Fsp3) is 0.115. The van der Waals surface area contributed by atoms with Crippen molar-refractivity contribution in [1.82, 2.24) is 5.32 Å². The monoisotopic (exact) mass is 537 g/mol. The SMILES string of the molecule is O=C(COC(=O)c1cccc(NS(=O)(=O)C=Cc2ccccc2)c1)NC(=O)Nc1ccc2c(c1)OCCO2. The molecule has 0 saturated heterocycles. The van der Waals surface area contributed by atoms with Gasteiger partial charge in [-0.3, -0.25) is 14.8 Å². The van der Waals surface area contributed by atoms with Crippen LogP contribution in [0.3, 0.4) is 0 Å². The summed E-state index contributed by atoms with van der Waals surface area (Å²) >= 11 is 0. The van der Waals surface area contributed by atoms with E-state index in [0.29, 0.717) is 36.0 Å². The van der Waals surface area contributed by atoms with Crippen molar-refractivity contribution < 1.29 is 37.0 Å². The Kier molecular flexibility index (Phi) is 8.23. The van der Waals surface area contributed by atoms with Gasteiger partial charge in [0.2, 0.25) is 0 Å². The van der Waals surface area contributed by atoms with Crippen molar-refractivity contribution in [3.8, 4) is 11.5 Å². The molecule has 196 valence electrons. The molecule has 3 aromatic carbocycles. The highest BCUT2D eigenvalue weighted by Crippen LogP contribution is 2.32. The molecule has 0 spiro atoms. The Morgan fingerprint density at radius 3 is 2.42 bits per heavy atom. The van der Waals surface area contributed by atoms with E-state index < -0.39 is 34.5 Å². The largest absolute Gasteiger partial charge is 0.486 e. The van der Waals surface area contributed by atoms with Crippen molar-refractivity contribution >= 4 is 45.4 Å². The number of anilines is 2. The van der Waals surface area contributed by atoms with Gasteiger partial charge < -0.3 is 19.5 Å². The first-order valence-corrected chi connectivity index (χ1v) is 12.9. The van der Waals surface area contributed by atoms with Gasteiger partial charge in [-0.05, 0) is 42.0 Å². The molecule has 0 aromatic heterocycles. The van der Waals surface area contributed by atoms with Gasteiger partial charge in [-0.1, -0.05) is 36.4 Å². The predicted octanol–water partition coefficient (Wildman–Crippen LogP) is 3.38. The summed E-state index contributed by atoms with van der Waals surface area (Å²) in [6.07, 6.45) is 1.43. The average Bonchev–Trinajstić information content (AvgIpc) is 2.91. The number of carbonyl (C=O) groups is 3. The lowest BCUT2D eigenvalue weighted by atomic mass is 10.2. The molecule has 0 radical (unpaired) electrons. The fourth-order valence-electron chi connectivity index (χ4n) is 3.30. The number of imide groups is 1. The average molecular weight is 538 g/mol. The fourth-order valence-corrected chi connectivity index (χ4v) is 4.16. The minimum Gasteiger partial charge on any atom is -0.486 e. The Bertz CT molecular complexity index is 1470. The number of ether oxygens (including phenoxy) is 3. The molecule has 0 bridgehead atoms. The number of carbonyl (C=O) groups excluding carboxylic acids is 3. The standard InChI is InChI=1S/C26H23N3O8S/c30-24(28-26(32)27-20-9-10-22-23(16-20)36-13-12-35-22)17-37-25(31)19-7-4-8-21(15-19)29-38(33,34)14-11-18-5-2-1-3-6-18/h1-11,14-16,29H,12-13,17H2,(H2,27,28,30,32). The maximum atomic E-state index is 12.4. The summed E-state index contributed by atoms with van der Waals surface area (Å²) in [5.74, 6) is -0.735. The van der Waals surface area contributed by atoms with E-state index in [9.17, 15) is 22.8 Å². The van der Waals surface area contributed by atoms with Crippen LogP contribution in [-0.2, 0) is 19.6 Å². The molecule has 3 aromatic rings. The topological polar surface area (TPSA) is 149 Å². The van der Waals surface area contributed by atoms with Gasteiger partial charge in [0.15, 0.2) is 18.1 Å². The van der Waals surface area contributed by atoms with Crippen LogP contribution >= 0.6 is 0 Å². The van der Waals surface area contributed by atoms with Crippen molar-refractivity contribution in [2.75, 3.05) is 29.9 Å². The maximum absolute atomic E-state index is 12.4. The summed E-state index contributed by atoms with van der Waals surface area (Å²) in [6, 6.07) is 18.4. The van der Waals surface area contributed by atoms with Crippen LogP contribution in [0.15, 0.2) is 78.2 Å². The highest BCUT2D eigenvalue weighted by Gasteiger charge is 2.16. The number of fused-ring (bicyclic) bond motifs is 1. The molecule has 12 heteroatoms. The normalized spacial score (nSPS) is 12.4. The second-order valence-corrected chi connectivity index (χ2v) is 9.44. The number of rotatable bonds is 8. The quantitative estimate of drug-likeness (QED) is 0.370. The summed E-state index contributed by atoms with van der Waals surface area (Å²) in [5, 5.41) is 5.53. The zero-order valence-corrected chi connectivity index (χ0v) is 20.7. The molecule has 0 saturated carbocycles. The lowest BCUT2D eigenvalue weighted by Gasteiger charge is -2.19. The van der Waals surface area contributed by atoms with Gasteiger partial charge in [0, 0.05) is 17.4 Å². The molecule has 0 fully saturated rings. The van der Waals surface area contributed by atoms with Crippen LogP contribution in [0, 0.1) is 0 Å². The minimum absolute atomic E-state index is 0.00534. The Balaban J connectivity index is 1.27. The highest BCUT2D eigenvalue weighted by atomic mass is 32.2. The molecule has 0 atom stereocenters. The van der Waals surface area contributed by atoms with Crippen molar-refractivity contribution in [2.24, 2.45) is 0 Å². The molecule has 3 N–H and O–H groups in total. The highest BCUT2D eigenvalue weighted by molar-refractivity contribution is 7.95. The van der Waals surface area contributed by atoms with Crippen LogP contribution in [0.25, 0.3) is 6.08 Å². The lowest BCUT2D eigenvalue weighted by Crippen LogP contribution is -2.37. The van der Waals surface area contributed by atoms with E-state index in [4.69, 9.17) is 14.2 Å². The Morgan fingerprint density at radius 2 is 1.63 bits per heavy atom. The molecule has 1 heterocycles. The number of sulfonamides is 1. The third kappa shape index (κ3) is 7.58. The maximum Gasteiger partial charge on any atom is 0.338 e. The van der Waals surface area contributed by atoms with E-state index in [1.54, 1.807) is 42.5 Å². The van der Waals surface area contributed by atoms with E-state index in [2.05, 4.69) is 10.0 Å². The first-order chi connectivity index (χ1) is 18.3. The molecule has 1 aliphatic heterocycles. The summed E-state index contributed by atoms with van der Waals surface area (Å²) < 4.78 is 42.8. The van der Waals surface area contributed by atoms with Gasteiger partial charge in [-0.25, -0.2) is 18.0 Å². The lowest BCUT2D eigenvalue weighted by molar-refractivity contribution is -0.123. The Labute approximate surface area is 218 Å². The van der Waals surface area contributed by atoms with Gasteiger partial charge >= 0.3 is 12.0 Å². The van der Waals surface area contributed by atoms with Crippen LogP contribution < -0.4 is 24.8 Å². The molecule has 0 unspecified atom stereocenters. The minimum atomic E-state index is -3.85. The van der Waals surface area contributed by atoms with Crippen LogP contribution in [0.5, 0.6) is 11.5 Å². The summed E-state index contributed by atoms with van der Waals surface area (Å²) in [5.41, 5.74) is 1.20. The molecule has 0 aliphatic carbocycles. The van der Waals surface area contributed by atoms with E-state index >= 15 is 0 Å². The van der Waals surface area contributed by atoms with Crippen LogP contribution in [0.4, 0.5) is 16.2 Å². The zero-order chi connectivity index (χ0) is 27.0. The molecule has 1 aliphatic rings. The van der Waals surface area contributed by atoms with Gasteiger partial charge in [0.25, 0.3) is 15.9 Å². The molecule has 11 nitrogen and oxygen atoms in total. The number of urea groups is 1. The predicted molar refractivity (Wildman–Crippen MR) is 139 cm³/mol. The third-order valence-corrected chi connectivity index (χ3v) is 6.00. The zero-order valence-electron chi connectivity index (χ0n) is 19.9. The number of hydrogen-bond acceptors (Lipinski definition) is 8. The van der Waals surface area contributed by atoms with E-state index in [-0.39, 0.29) is 11.3 Å². The number of nitrogens with one attached hydrogen (secondary N) is 3. The molecular formula is C26H23N3O8S. The van der Waals surface area contributed by atoms with Crippen molar-refractivity contribution in [2.45, 2.75) is 0 Å². The van der Waals surface area contributed by atoms with Crippen LogP contribution in [0.2, 0.25) is 0 Å². The van der Waals surface area contributed by atoms with Gasteiger partial charge in [0.05, 0.1) is 11.0 Å². The number of amides is 3. The summed E-state index contributed by atoms with van der Waals surface area (Å²) in [4.78, 5) is 36.5. The molecule has 4 rings (SSSR count). The second kappa shape index (κ2) is 11.9. The Morgan fingerprint density at radius 1 is 0.868 bits per heavy atom. The smallest absolute Gasteiger partial charge is 0.338 e. The van der Waals surface area contributed by atoms with E-state index in [1.165, 1.54) is 30.3 Å². The summed E-state index contributed by atoms with van der Waals surface area (Å²) in [6.45, 7) is 0.0786. The van der Waals surface area contributed by atoms with Crippen molar-refractivity contribution in [1.29, 1.82) is 0 Å². The summed E-state index contributed by atoms with van der Waals surface area (Å²) in [7, 11) is -3.85. The second-order valence-electron chi connectivity index (χ2n) is 7.88. The number of benzene rings is 3. The molecular weight excluding hydrogens is 514 g/mol. The van der Waals surface area contributed by atoms with Gasteiger partial charge in [-0.2, -0.15) is 0 Å². The molecule has 3 amide bonds. The Hall–Kier alpha value is -4.84. The first-order valence-electron chi connectivity index (χ1n) is 11.3. The van der Waals surface area contributed by atoms with Crippen molar-refractivity contribution in [3.05, 3.63) is 89.3 Å². The van der Waals surface area contributed by atoms with Gasteiger partial charge in [-0.15, -0.1) is 0 Å². The van der Waals surface area contributed by atoms with Crippen LogP contribution in [-0.4, -0.2) is 46.1 Å². The first kappa shape index (κ1) is 26.2. The third-order valence-electron chi connectivity index (χ3n) is 4.98. The molecule has 38 heavy (non-hydrogen) atoms. The van der Waals surface area contributed by atoms with E-state index in [1.807, 2.05) is 11.4 Å². The van der Waals surface area contributed by atoms with E-state index in [0.717, 1.165) is 5.41 Å². The number of esters is 1. The van der Waals surface area contributed by atoms with Crippen LogP contribution in [0.1, 0.15) is 15.9 Å². The van der Waals surface area contributed by atoms with Gasteiger partial charge in [0.1, 0.15) is 13.2 Å². The number of hydrogen-bond donors (Lipinski definition) is 3.